The van der Waals surface area contributed by atoms with Crippen molar-refractivity contribution < 1.29 is 23.9 Å². The normalized spacial score (nSPS) is 16.0. The quantitative estimate of drug-likeness (QED) is 0.602. The summed E-state index contributed by atoms with van der Waals surface area (Å²) in [6.07, 6.45) is 0.538. The van der Waals surface area contributed by atoms with Crippen LogP contribution in [0.15, 0.2) is 12.1 Å². The van der Waals surface area contributed by atoms with Gasteiger partial charge < -0.3 is 25.4 Å². The molecule has 2 heterocycles. The Hall–Kier alpha value is -2.97. The first-order valence-electron chi connectivity index (χ1n) is 7.50. The number of carbonyl (C=O) groups is 3. The Labute approximate surface area is 138 Å². The second-order valence-corrected chi connectivity index (χ2v) is 5.63. The highest BCUT2D eigenvalue weighted by Crippen LogP contribution is 2.38. The van der Waals surface area contributed by atoms with E-state index in [-0.39, 0.29) is 44.1 Å². The maximum absolute atomic E-state index is 12.0. The molecule has 1 fully saturated rings. The number of nitrogens with zero attached hydrogens (tertiary/aromatic N) is 2. The summed E-state index contributed by atoms with van der Waals surface area (Å²) in [5.74, 6) is 0.562. The van der Waals surface area contributed by atoms with Crippen LogP contribution in [0.3, 0.4) is 0 Å². The molecule has 0 saturated carbocycles. The topological polar surface area (TPSA) is 114 Å². The molecule has 0 radical (unpaired) electrons. The lowest BCUT2D eigenvalue weighted by Gasteiger charge is -2.14. The average molecular weight is 334 g/mol. The number of nitrogens with two attached hydrogens (primary N) is 1. The molecule has 2 aliphatic rings. The van der Waals surface area contributed by atoms with Crippen LogP contribution in [-0.4, -0.2) is 54.6 Å². The molecule has 0 spiro atoms. The van der Waals surface area contributed by atoms with Gasteiger partial charge in [0.15, 0.2) is 11.5 Å². The molecule has 0 unspecified atom stereocenters. The zero-order chi connectivity index (χ0) is 17.3. The number of nitrogens with one attached hydrogen (secondary N) is 1. The van der Waals surface area contributed by atoms with E-state index in [1.54, 1.807) is 19.2 Å². The van der Waals surface area contributed by atoms with Crippen molar-refractivity contribution in [2.45, 2.75) is 12.8 Å². The fraction of sp³-hybridized carbons (Fsp3) is 0.400. The van der Waals surface area contributed by atoms with E-state index >= 15 is 0 Å². The Kier molecular flexibility index (Phi) is 4.15. The third-order valence-corrected chi connectivity index (χ3v) is 3.84. The fourth-order valence-corrected chi connectivity index (χ4v) is 2.57. The first-order chi connectivity index (χ1) is 11.5. The van der Waals surface area contributed by atoms with Crippen LogP contribution >= 0.6 is 0 Å². The highest BCUT2D eigenvalue weighted by atomic mass is 16.7. The summed E-state index contributed by atoms with van der Waals surface area (Å²) in [6.45, 7) is 0.420. The second-order valence-electron chi connectivity index (χ2n) is 5.63. The molecule has 3 N–H and O–H groups in total. The molecule has 1 aromatic carbocycles. The third-order valence-electron chi connectivity index (χ3n) is 3.84. The first kappa shape index (κ1) is 15.9. The highest BCUT2D eigenvalue weighted by Gasteiger charge is 2.32. The molecule has 0 bridgehead atoms. The molecule has 2 aliphatic heterocycles. The summed E-state index contributed by atoms with van der Waals surface area (Å²) in [5.41, 5.74) is 6.68. The van der Waals surface area contributed by atoms with Gasteiger partial charge in [0.1, 0.15) is 6.54 Å². The minimum absolute atomic E-state index is 0.0821. The number of anilines is 2. The molecule has 1 aromatic rings. The number of carbonyl (C=O) groups excluding carboxylic acids is 3. The maximum Gasteiger partial charge on any atom is 0.326 e. The highest BCUT2D eigenvalue weighted by molar-refractivity contribution is 6.02. The lowest BCUT2D eigenvalue weighted by atomic mass is 10.2. The van der Waals surface area contributed by atoms with Gasteiger partial charge in [0.05, 0.1) is 11.4 Å². The molecule has 1 saturated heterocycles. The molecule has 24 heavy (non-hydrogen) atoms. The Morgan fingerprint density at radius 2 is 2.00 bits per heavy atom. The number of hydrogen-bond donors (Lipinski definition) is 2. The first-order valence-corrected chi connectivity index (χ1v) is 7.50. The number of hydrogen-bond acceptors (Lipinski definition) is 6. The van der Waals surface area contributed by atoms with E-state index in [2.05, 4.69) is 5.32 Å². The summed E-state index contributed by atoms with van der Waals surface area (Å²) >= 11 is 0. The van der Waals surface area contributed by atoms with Gasteiger partial charge in [-0.05, 0) is 6.42 Å². The van der Waals surface area contributed by atoms with E-state index in [4.69, 9.17) is 15.2 Å². The van der Waals surface area contributed by atoms with Gasteiger partial charge in [-0.15, -0.1) is 0 Å². The minimum Gasteiger partial charge on any atom is -0.454 e. The Morgan fingerprint density at radius 3 is 2.67 bits per heavy atom. The third kappa shape index (κ3) is 3.05. The molecule has 9 nitrogen and oxygen atoms in total. The summed E-state index contributed by atoms with van der Waals surface area (Å²) in [6, 6.07) is 2.87. The van der Waals surface area contributed by atoms with Crippen molar-refractivity contribution in [2.24, 2.45) is 0 Å². The van der Waals surface area contributed by atoms with Crippen molar-refractivity contribution in [1.82, 2.24) is 9.80 Å². The zero-order valence-corrected chi connectivity index (χ0v) is 13.2. The molecular weight excluding hydrogens is 316 g/mol. The lowest BCUT2D eigenvalue weighted by molar-refractivity contribution is -0.125. The largest absolute Gasteiger partial charge is 0.454 e. The van der Waals surface area contributed by atoms with Crippen LogP contribution in [-0.2, 0) is 9.59 Å². The van der Waals surface area contributed by atoms with Gasteiger partial charge in [0, 0.05) is 32.1 Å². The van der Waals surface area contributed by atoms with Crippen LogP contribution in [0, 0.1) is 0 Å². The molecule has 0 aromatic heterocycles. The fourth-order valence-electron chi connectivity index (χ4n) is 2.57. The van der Waals surface area contributed by atoms with Gasteiger partial charge >= 0.3 is 6.03 Å². The van der Waals surface area contributed by atoms with E-state index in [1.807, 2.05) is 0 Å². The van der Waals surface area contributed by atoms with Gasteiger partial charge in [-0.1, -0.05) is 0 Å². The summed E-state index contributed by atoms with van der Waals surface area (Å²) in [5, 5.41) is 2.70. The van der Waals surface area contributed by atoms with E-state index in [9.17, 15) is 14.4 Å². The van der Waals surface area contributed by atoms with Crippen molar-refractivity contribution in [3.63, 3.8) is 0 Å². The van der Waals surface area contributed by atoms with Crippen LogP contribution < -0.4 is 20.5 Å². The number of fused-ring (bicyclic) bond motifs is 1. The molecule has 3 rings (SSSR count). The number of benzene rings is 1. The predicted octanol–water partition coefficient (Wildman–Crippen LogP) is 0.610. The van der Waals surface area contributed by atoms with E-state index < -0.39 is 0 Å². The van der Waals surface area contributed by atoms with Crippen LogP contribution in [0.4, 0.5) is 16.2 Å². The van der Waals surface area contributed by atoms with Gasteiger partial charge in [0.25, 0.3) is 0 Å². The minimum atomic E-state index is -0.333. The standard InChI is InChI=1S/C15H18N4O5/c1-18-7-14(21)19(15(18)22)4-2-3-13(20)17-10-6-12-11(5-9(10)16)23-8-24-12/h5-6H,2-4,7-8,16H2,1H3,(H,17,20). The number of imide groups is 1. The van der Waals surface area contributed by atoms with Crippen molar-refractivity contribution in [2.75, 3.05) is 38.0 Å². The Bertz CT molecular complexity index is 705. The summed E-state index contributed by atoms with van der Waals surface area (Å²) in [4.78, 5) is 37.9. The van der Waals surface area contributed by atoms with Crippen molar-refractivity contribution in [1.29, 1.82) is 0 Å². The number of nitrogen functional groups attached to an aromatic ring is 1. The number of likely N-dealkylation sites (N-methyl/N-ethyl adjacent to an activating group) is 1. The van der Waals surface area contributed by atoms with Gasteiger partial charge in [-0.25, -0.2) is 4.79 Å². The molecule has 9 heteroatoms. The lowest BCUT2D eigenvalue weighted by Crippen LogP contribution is -2.32. The molecule has 4 amide bonds. The summed E-state index contributed by atoms with van der Waals surface area (Å²) in [7, 11) is 1.56. The number of ether oxygens (including phenoxy) is 2. The molecule has 0 aliphatic carbocycles. The van der Waals surface area contributed by atoms with Crippen molar-refractivity contribution >= 4 is 29.2 Å². The van der Waals surface area contributed by atoms with E-state index in [1.165, 1.54) is 4.90 Å². The predicted molar refractivity (Wildman–Crippen MR) is 84.6 cm³/mol. The Balaban J connectivity index is 1.52. The number of rotatable bonds is 5. The average Bonchev–Trinajstić information content (AvgIpc) is 3.06. The zero-order valence-electron chi connectivity index (χ0n) is 13.2. The Morgan fingerprint density at radius 1 is 1.29 bits per heavy atom. The van der Waals surface area contributed by atoms with Crippen LogP contribution in [0.1, 0.15) is 12.8 Å². The van der Waals surface area contributed by atoms with Gasteiger partial charge in [-0.2, -0.15) is 0 Å². The van der Waals surface area contributed by atoms with E-state index in [0.717, 1.165) is 4.90 Å². The van der Waals surface area contributed by atoms with Crippen LogP contribution in [0.5, 0.6) is 11.5 Å². The molecule has 128 valence electrons. The monoisotopic (exact) mass is 334 g/mol. The van der Waals surface area contributed by atoms with Crippen LogP contribution in [0.25, 0.3) is 0 Å². The van der Waals surface area contributed by atoms with Crippen molar-refractivity contribution in [3.8, 4) is 11.5 Å². The van der Waals surface area contributed by atoms with Gasteiger partial charge in [-0.3, -0.25) is 14.5 Å². The SMILES string of the molecule is CN1CC(=O)N(CCCC(=O)Nc2cc3c(cc2N)OCO3)C1=O. The molecule has 0 atom stereocenters. The molecular formula is C15H18N4O5. The van der Waals surface area contributed by atoms with Gasteiger partial charge in [0.2, 0.25) is 18.6 Å². The number of amides is 4. The van der Waals surface area contributed by atoms with Crippen molar-refractivity contribution in [3.05, 3.63) is 12.1 Å². The van der Waals surface area contributed by atoms with E-state index in [0.29, 0.717) is 29.3 Å². The summed E-state index contributed by atoms with van der Waals surface area (Å²) < 4.78 is 10.4. The smallest absolute Gasteiger partial charge is 0.326 e. The maximum atomic E-state index is 12.0. The van der Waals surface area contributed by atoms with Crippen LogP contribution in [0.2, 0.25) is 0 Å². The number of urea groups is 1. The second kappa shape index (κ2) is 6.26.